The fraction of sp³-hybridized carbons (Fsp3) is 0.484. The normalized spacial score (nSPS) is 30.4. The van der Waals surface area contributed by atoms with Gasteiger partial charge in [0.15, 0.2) is 0 Å². The van der Waals surface area contributed by atoms with E-state index in [1.807, 2.05) is 18.2 Å². The van der Waals surface area contributed by atoms with Gasteiger partial charge in [-0.2, -0.15) is 0 Å². The van der Waals surface area contributed by atoms with Crippen LogP contribution in [0.5, 0.6) is 0 Å². The molecule has 5 fully saturated rings. The largest absolute Gasteiger partial charge is 0.347 e. The monoisotopic (exact) mass is 540 g/mol. The molecule has 2 aromatic rings. The number of rotatable bonds is 6. The molecule has 3 heterocycles. The zero-order chi connectivity index (χ0) is 27.6. The molecule has 0 spiro atoms. The highest BCUT2D eigenvalue weighted by Gasteiger charge is 2.51. The van der Waals surface area contributed by atoms with E-state index in [2.05, 4.69) is 15.6 Å². The van der Waals surface area contributed by atoms with E-state index in [1.165, 1.54) is 19.3 Å². The van der Waals surface area contributed by atoms with Gasteiger partial charge in [-0.15, -0.1) is 0 Å². The van der Waals surface area contributed by atoms with E-state index in [-0.39, 0.29) is 29.9 Å². The summed E-state index contributed by atoms with van der Waals surface area (Å²) in [5.74, 6) is 0.170. The Morgan fingerprint density at radius 2 is 1.68 bits per heavy atom. The lowest BCUT2D eigenvalue weighted by Gasteiger charge is -2.56. The van der Waals surface area contributed by atoms with Crippen LogP contribution < -0.4 is 10.6 Å². The van der Waals surface area contributed by atoms with Crippen molar-refractivity contribution in [2.24, 2.45) is 17.8 Å². The van der Waals surface area contributed by atoms with E-state index >= 15 is 0 Å². The first-order chi connectivity index (χ1) is 19.3. The molecular weight excluding hydrogens is 508 g/mol. The number of amides is 5. The zero-order valence-electron chi connectivity index (χ0n) is 22.3. The molecule has 9 nitrogen and oxygen atoms in total. The van der Waals surface area contributed by atoms with Crippen molar-refractivity contribution < 1.29 is 24.0 Å². The molecule has 2 aliphatic heterocycles. The van der Waals surface area contributed by atoms with E-state index in [1.54, 1.807) is 18.3 Å². The number of benzene rings is 1. The Hall–Kier alpha value is -3.88. The number of aromatic nitrogens is 1. The molecule has 4 saturated carbocycles. The molecule has 1 unspecified atom stereocenters. The van der Waals surface area contributed by atoms with Gasteiger partial charge in [0.05, 0.1) is 16.7 Å². The molecule has 1 aromatic carbocycles. The van der Waals surface area contributed by atoms with Crippen LogP contribution in [0.2, 0.25) is 0 Å². The third kappa shape index (κ3) is 4.22. The Labute approximate surface area is 232 Å². The van der Waals surface area contributed by atoms with Crippen LogP contribution >= 0.6 is 0 Å². The van der Waals surface area contributed by atoms with E-state index in [0.29, 0.717) is 29.5 Å². The second kappa shape index (κ2) is 9.35. The van der Waals surface area contributed by atoms with Crippen molar-refractivity contribution in [3.05, 3.63) is 64.5 Å². The van der Waals surface area contributed by atoms with Gasteiger partial charge in [-0.3, -0.25) is 39.2 Å². The second-order valence-corrected chi connectivity index (χ2v) is 12.5. The average Bonchev–Trinajstić information content (AvgIpc) is 3.17. The highest BCUT2D eigenvalue weighted by molar-refractivity contribution is 6.24. The summed E-state index contributed by atoms with van der Waals surface area (Å²) >= 11 is 0. The summed E-state index contributed by atoms with van der Waals surface area (Å²) in [5, 5.41) is 5.62. The van der Waals surface area contributed by atoms with Crippen LogP contribution in [0.3, 0.4) is 0 Å². The Morgan fingerprint density at radius 3 is 2.33 bits per heavy atom. The van der Waals surface area contributed by atoms with Crippen molar-refractivity contribution in [1.29, 1.82) is 0 Å². The molecule has 2 N–H and O–H groups in total. The van der Waals surface area contributed by atoms with Crippen LogP contribution in [0.4, 0.5) is 0 Å². The highest BCUT2D eigenvalue weighted by atomic mass is 16.2. The maximum atomic E-state index is 13.3. The average molecular weight is 541 g/mol. The molecule has 40 heavy (non-hydrogen) atoms. The quantitative estimate of drug-likeness (QED) is 0.543. The number of pyridine rings is 1. The number of aryl methyl sites for hydroxylation is 2. The fourth-order valence-corrected chi connectivity index (χ4v) is 8.34. The number of hydrogen-bond donors (Lipinski definition) is 2. The fourth-order valence-electron chi connectivity index (χ4n) is 8.34. The summed E-state index contributed by atoms with van der Waals surface area (Å²) in [7, 11) is 0. The molecule has 0 radical (unpaired) electrons. The van der Waals surface area contributed by atoms with Crippen LogP contribution in [-0.4, -0.2) is 51.0 Å². The van der Waals surface area contributed by atoms with Gasteiger partial charge in [0.2, 0.25) is 11.8 Å². The van der Waals surface area contributed by atoms with Gasteiger partial charge in [0.25, 0.3) is 17.7 Å². The molecule has 8 rings (SSSR count). The number of imide groups is 2. The number of nitrogens with zero attached hydrogens (tertiary/aromatic N) is 2. The van der Waals surface area contributed by atoms with Crippen LogP contribution in [-0.2, 0) is 22.4 Å². The Balaban J connectivity index is 1.02. The van der Waals surface area contributed by atoms with Crippen LogP contribution in [0, 0.1) is 17.8 Å². The molecule has 6 aliphatic rings. The first-order valence-electron chi connectivity index (χ1n) is 14.4. The predicted octanol–water partition coefficient (Wildman–Crippen LogP) is 2.97. The van der Waals surface area contributed by atoms with E-state index in [0.717, 1.165) is 47.6 Å². The van der Waals surface area contributed by atoms with Crippen molar-refractivity contribution in [3.63, 3.8) is 0 Å². The van der Waals surface area contributed by atoms with Gasteiger partial charge < -0.3 is 5.32 Å². The van der Waals surface area contributed by atoms with E-state index < -0.39 is 29.7 Å². The Bertz CT molecular complexity index is 1410. The Morgan fingerprint density at radius 1 is 0.950 bits per heavy atom. The lowest BCUT2D eigenvalue weighted by molar-refractivity contribution is -0.136. The van der Waals surface area contributed by atoms with Crippen molar-refractivity contribution in [2.45, 2.75) is 75.8 Å². The Kier molecular flexibility index (Phi) is 5.87. The summed E-state index contributed by atoms with van der Waals surface area (Å²) in [4.78, 5) is 69.0. The van der Waals surface area contributed by atoms with Crippen LogP contribution in [0.15, 0.2) is 36.5 Å². The van der Waals surface area contributed by atoms with E-state index in [4.69, 9.17) is 0 Å². The molecule has 5 amide bonds. The van der Waals surface area contributed by atoms with Gasteiger partial charge in [0, 0.05) is 23.9 Å². The molecule has 1 atom stereocenters. The van der Waals surface area contributed by atoms with Crippen molar-refractivity contribution in [2.75, 3.05) is 0 Å². The third-order valence-electron chi connectivity index (χ3n) is 9.71. The van der Waals surface area contributed by atoms with Gasteiger partial charge in [0.1, 0.15) is 6.04 Å². The smallest absolute Gasteiger partial charge is 0.262 e. The van der Waals surface area contributed by atoms with Gasteiger partial charge in [-0.05, 0) is 99.3 Å². The lowest BCUT2D eigenvalue weighted by atomic mass is 9.53. The van der Waals surface area contributed by atoms with Crippen molar-refractivity contribution in [3.8, 4) is 0 Å². The first-order valence-corrected chi connectivity index (χ1v) is 14.4. The van der Waals surface area contributed by atoms with Crippen molar-refractivity contribution >= 4 is 29.5 Å². The summed E-state index contributed by atoms with van der Waals surface area (Å²) in [5.41, 5.74) is 2.57. The zero-order valence-corrected chi connectivity index (χ0v) is 22.3. The predicted molar refractivity (Wildman–Crippen MR) is 143 cm³/mol. The number of piperidine rings is 1. The molecule has 9 heteroatoms. The minimum atomic E-state index is -0.989. The molecule has 206 valence electrons. The topological polar surface area (TPSA) is 126 Å². The first kappa shape index (κ1) is 25.1. The lowest BCUT2D eigenvalue weighted by Crippen LogP contribution is -2.59. The highest BCUT2D eigenvalue weighted by Crippen LogP contribution is 2.55. The number of carbonyl (C=O) groups is 5. The number of fused-ring (bicyclic) bond motifs is 1. The summed E-state index contributed by atoms with van der Waals surface area (Å²) in [6.07, 6.45) is 10.1. The maximum absolute atomic E-state index is 13.3. The SMILES string of the molecule is O=C1CCC(N2C(=O)c3cccc(CCc4ccc(C(=O)NC56CC7CC(CC(C7)C5)C6)cn4)c3C2=O)C(=O)N1. The second-order valence-electron chi connectivity index (χ2n) is 12.5. The van der Waals surface area contributed by atoms with Gasteiger partial charge in [-0.1, -0.05) is 12.1 Å². The maximum Gasteiger partial charge on any atom is 0.262 e. The van der Waals surface area contributed by atoms with Crippen molar-refractivity contribution in [1.82, 2.24) is 20.5 Å². The minimum Gasteiger partial charge on any atom is -0.347 e. The molecular formula is C31H32N4O5. The number of nitrogens with one attached hydrogen (secondary N) is 2. The van der Waals surface area contributed by atoms with Crippen LogP contribution in [0.1, 0.15) is 93.7 Å². The number of hydrogen-bond acceptors (Lipinski definition) is 6. The van der Waals surface area contributed by atoms with Crippen LogP contribution in [0.25, 0.3) is 0 Å². The summed E-state index contributed by atoms with van der Waals surface area (Å²) in [6, 6.07) is 7.81. The standard InChI is InChI=1S/C31H32N4O5/c36-25-9-8-24(28(38)33-25)35-29(39)23-3-1-2-20(26(23)30(35)40)4-6-22-7-5-21(16-32-22)27(37)34-31-13-17-10-18(14-31)12-19(11-17)15-31/h1-3,5,7,16-19,24H,4,6,8-15H2,(H,34,37)(H,33,36,38). The van der Waals surface area contributed by atoms with E-state index in [9.17, 15) is 24.0 Å². The summed E-state index contributed by atoms with van der Waals surface area (Å²) < 4.78 is 0. The van der Waals surface area contributed by atoms with Gasteiger partial charge in [-0.25, -0.2) is 0 Å². The molecule has 1 saturated heterocycles. The third-order valence-corrected chi connectivity index (χ3v) is 9.71. The molecule has 4 aliphatic carbocycles. The minimum absolute atomic E-state index is 0.0517. The molecule has 1 aromatic heterocycles. The summed E-state index contributed by atoms with van der Waals surface area (Å²) in [6.45, 7) is 0. The number of carbonyl (C=O) groups excluding carboxylic acids is 5. The van der Waals surface area contributed by atoms with Gasteiger partial charge >= 0.3 is 0 Å². The molecule has 4 bridgehead atoms.